The number of thioether (sulfide) groups is 1. The molecule has 4 N–H and O–H groups in total. The maximum absolute atomic E-state index is 12.5. The molecule has 1 saturated carbocycles. The highest BCUT2D eigenvalue weighted by atomic mass is 32.2. The van der Waals surface area contributed by atoms with Crippen LogP contribution in [0.5, 0.6) is 0 Å². The number of carbonyl (C=O) groups is 1. The van der Waals surface area contributed by atoms with Crippen LogP contribution in [0.4, 0.5) is 5.69 Å². The summed E-state index contributed by atoms with van der Waals surface area (Å²) >= 11 is 1.93. The van der Waals surface area contributed by atoms with Crippen molar-refractivity contribution in [2.24, 2.45) is 0 Å². The summed E-state index contributed by atoms with van der Waals surface area (Å²) in [5.41, 5.74) is 7.71. The van der Waals surface area contributed by atoms with Gasteiger partial charge in [-0.2, -0.15) is 16.9 Å². The van der Waals surface area contributed by atoms with Crippen molar-refractivity contribution in [1.29, 1.82) is 0 Å². The van der Waals surface area contributed by atoms with Crippen LogP contribution in [0, 0.1) is 0 Å². The van der Waals surface area contributed by atoms with Crippen molar-refractivity contribution in [2.45, 2.75) is 37.5 Å². The van der Waals surface area contributed by atoms with E-state index in [1.54, 1.807) is 12.1 Å². The van der Waals surface area contributed by atoms with Gasteiger partial charge in [-0.15, -0.1) is 0 Å². The molecule has 1 amide bonds. The van der Waals surface area contributed by atoms with Gasteiger partial charge in [-0.1, -0.05) is 13.3 Å². The molecule has 0 spiro atoms. The van der Waals surface area contributed by atoms with Crippen LogP contribution in [-0.2, 0) is 0 Å². The molecule has 1 aliphatic carbocycles. The lowest BCUT2D eigenvalue weighted by Gasteiger charge is -2.19. The fourth-order valence-corrected chi connectivity index (χ4v) is 4.14. The molecule has 0 saturated heterocycles. The summed E-state index contributed by atoms with van der Waals surface area (Å²) in [6.07, 6.45) is 3.41. The number of nitrogens with one attached hydrogen (secondary N) is 2. The highest BCUT2D eigenvalue weighted by molar-refractivity contribution is 7.99. The highest BCUT2D eigenvalue weighted by Gasteiger charge is 2.29. The molecule has 5 nitrogen and oxygen atoms in total. The Morgan fingerprint density at radius 3 is 3.19 bits per heavy atom. The molecule has 0 bridgehead atoms. The SMILES string of the molecule is CCSC1CCCC1NC(=O)c1n[nH]c2ccc(N)cc12. The van der Waals surface area contributed by atoms with Gasteiger partial charge < -0.3 is 11.1 Å². The zero-order valence-corrected chi connectivity index (χ0v) is 12.9. The first-order valence-corrected chi connectivity index (χ1v) is 8.40. The van der Waals surface area contributed by atoms with Crippen LogP contribution in [0.3, 0.4) is 0 Å². The first kappa shape index (κ1) is 14.3. The third-order valence-electron chi connectivity index (χ3n) is 3.95. The van der Waals surface area contributed by atoms with E-state index in [4.69, 9.17) is 5.73 Å². The Labute approximate surface area is 128 Å². The van der Waals surface area contributed by atoms with E-state index in [-0.39, 0.29) is 11.9 Å². The minimum absolute atomic E-state index is 0.111. The molecule has 3 rings (SSSR count). The Balaban J connectivity index is 1.79. The summed E-state index contributed by atoms with van der Waals surface area (Å²) in [6, 6.07) is 5.68. The number of nitrogen functional groups attached to an aromatic ring is 1. The van der Waals surface area contributed by atoms with Gasteiger partial charge in [0.2, 0.25) is 0 Å². The molecule has 1 heterocycles. The van der Waals surface area contributed by atoms with Gasteiger partial charge >= 0.3 is 0 Å². The zero-order valence-electron chi connectivity index (χ0n) is 12.1. The number of nitrogens with two attached hydrogens (primary N) is 1. The lowest BCUT2D eigenvalue weighted by Crippen LogP contribution is -2.39. The third-order valence-corrected chi connectivity index (χ3v) is 5.28. The van der Waals surface area contributed by atoms with Crippen LogP contribution in [0.15, 0.2) is 18.2 Å². The molecule has 2 aromatic rings. The first-order chi connectivity index (χ1) is 10.2. The third kappa shape index (κ3) is 2.85. The van der Waals surface area contributed by atoms with Gasteiger partial charge in [0.15, 0.2) is 5.69 Å². The molecule has 0 aliphatic heterocycles. The molecule has 6 heteroatoms. The average Bonchev–Trinajstić information content (AvgIpc) is 3.06. The molecule has 0 radical (unpaired) electrons. The number of H-pyrrole nitrogens is 1. The number of hydrogen-bond donors (Lipinski definition) is 3. The maximum Gasteiger partial charge on any atom is 0.272 e. The van der Waals surface area contributed by atoms with E-state index in [1.165, 1.54) is 12.8 Å². The number of aromatic amines is 1. The fourth-order valence-electron chi connectivity index (χ4n) is 2.95. The number of fused-ring (bicyclic) bond motifs is 1. The van der Waals surface area contributed by atoms with Crippen LogP contribution in [0.1, 0.15) is 36.7 Å². The minimum Gasteiger partial charge on any atom is -0.399 e. The van der Waals surface area contributed by atoms with Crippen LogP contribution >= 0.6 is 11.8 Å². The zero-order chi connectivity index (χ0) is 14.8. The number of anilines is 1. The van der Waals surface area contributed by atoms with Crippen LogP contribution in [0.25, 0.3) is 10.9 Å². The van der Waals surface area contributed by atoms with E-state index in [9.17, 15) is 4.79 Å². The molecular weight excluding hydrogens is 284 g/mol. The van der Waals surface area contributed by atoms with Gasteiger partial charge in [-0.05, 0) is 36.8 Å². The Kier molecular flexibility index (Phi) is 4.05. The lowest BCUT2D eigenvalue weighted by atomic mass is 10.1. The monoisotopic (exact) mass is 304 g/mol. The second-order valence-corrected chi connectivity index (χ2v) is 6.90. The van der Waals surface area contributed by atoms with Crippen molar-refractivity contribution in [3.8, 4) is 0 Å². The number of hydrogen-bond acceptors (Lipinski definition) is 4. The second-order valence-electron chi connectivity index (χ2n) is 5.38. The summed E-state index contributed by atoms with van der Waals surface area (Å²) in [5, 5.41) is 11.5. The van der Waals surface area contributed by atoms with Gasteiger partial charge in [-0.3, -0.25) is 9.89 Å². The molecule has 1 aromatic carbocycles. The maximum atomic E-state index is 12.5. The summed E-state index contributed by atoms with van der Waals surface area (Å²) in [6.45, 7) is 2.16. The smallest absolute Gasteiger partial charge is 0.272 e. The average molecular weight is 304 g/mol. The molecule has 2 unspecified atom stereocenters. The van der Waals surface area contributed by atoms with Gasteiger partial charge in [0.1, 0.15) is 0 Å². The number of carbonyl (C=O) groups excluding carboxylic acids is 1. The largest absolute Gasteiger partial charge is 0.399 e. The lowest BCUT2D eigenvalue weighted by molar-refractivity contribution is 0.0935. The molecule has 21 heavy (non-hydrogen) atoms. The van der Waals surface area contributed by atoms with Crippen LogP contribution in [0.2, 0.25) is 0 Å². The summed E-state index contributed by atoms with van der Waals surface area (Å²) in [7, 11) is 0. The van der Waals surface area contributed by atoms with Crippen molar-refractivity contribution >= 4 is 34.3 Å². The summed E-state index contributed by atoms with van der Waals surface area (Å²) < 4.78 is 0. The number of benzene rings is 1. The number of nitrogens with zero attached hydrogens (tertiary/aromatic N) is 1. The van der Waals surface area contributed by atoms with Crippen LogP contribution < -0.4 is 11.1 Å². The Morgan fingerprint density at radius 1 is 1.52 bits per heavy atom. The second kappa shape index (κ2) is 5.97. The number of aromatic nitrogens is 2. The topological polar surface area (TPSA) is 83.8 Å². The van der Waals surface area contributed by atoms with Gasteiger partial charge in [0.05, 0.1) is 5.52 Å². The van der Waals surface area contributed by atoms with E-state index in [0.717, 1.165) is 23.1 Å². The van der Waals surface area contributed by atoms with Crippen molar-refractivity contribution < 1.29 is 4.79 Å². The van der Waals surface area contributed by atoms with Crippen LogP contribution in [-0.4, -0.2) is 33.1 Å². The first-order valence-electron chi connectivity index (χ1n) is 7.35. The van der Waals surface area contributed by atoms with Crippen molar-refractivity contribution in [1.82, 2.24) is 15.5 Å². The molecular formula is C15H20N4OS. The Hall–Kier alpha value is -1.69. The van der Waals surface area contributed by atoms with Gasteiger partial charge in [-0.25, -0.2) is 0 Å². The molecule has 1 aromatic heterocycles. The minimum atomic E-state index is -0.111. The van der Waals surface area contributed by atoms with Gasteiger partial charge in [0, 0.05) is 22.4 Å². The normalized spacial score (nSPS) is 21.8. The predicted molar refractivity (Wildman–Crippen MR) is 87.5 cm³/mol. The standard InChI is InChI=1S/C15H20N4OS/c1-2-21-13-5-3-4-12(13)17-15(20)14-10-8-9(16)6-7-11(10)18-19-14/h6-8,12-13H,2-5,16H2,1H3,(H,17,20)(H,18,19). The number of amides is 1. The molecule has 1 aliphatic rings. The Bertz CT molecular complexity index is 654. The highest BCUT2D eigenvalue weighted by Crippen LogP contribution is 2.30. The number of rotatable bonds is 4. The Morgan fingerprint density at radius 2 is 2.38 bits per heavy atom. The van der Waals surface area contributed by atoms with E-state index in [2.05, 4.69) is 22.4 Å². The fraction of sp³-hybridized carbons (Fsp3) is 0.467. The van der Waals surface area contributed by atoms with E-state index in [0.29, 0.717) is 16.6 Å². The molecule has 2 atom stereocenters. The van der Waals surface area contributed by atoms with E-state index < -0.39 is 0 Å². The van der Waals surface area contributed by atoms with E-state index >= 15 is 0 Å². The molecule has 1 fully saturated rings. The quantitative estimate of drug-likeness (QED) is 0.758. The summed E-state index contributed by atoms with van der Waals surface area (Å²) in [5.74, 6) is 0.972. The van der Waals surface area contributed by atoms with Crippen molar-refractivity contribution in [3.63, 3.8) is 0 Å². The predicted octanol–water partition coefficient (Wildman–Crippen LogP) is 2.55. The van der Waals surface area contributed by atoms with E-state index in [1.807, 2.05) is 17.8 Å². The van der Waals surface area contributed by atoms with Crippen molar-refractivity contribution in [2.75, 3.05) is 11.5 Å². The molecule has 112 valence electrons. The van der Waals surface area contributed by atoms with Gasteiger partial charge in [0.25, 0.3) is 5.91 Å². The summed E-state index contributed by atoms with van der Waals surface area (Å²) in [4.78, 5) is 12.5. The van der Waals surface area contributed by atoms with Crippen molar-refractivity contribution in [3.05, 3.63) is 23.9 Å².